The quantitative estimate of drug-likeness (QED) is 0.683. The smallest absolute Gasteiger partial charge is 0.306 e. The molecular weight excluding hydrogens is 166 g/mol. The Bertz CT molecular complexity index is 159. The van der Waals surface area contributed by atoms with Crippen LogP contribution in [-0.4, -0.2) is 17.6 Å². The molecule has 0 saturated heterocycles. The van der Waals surface area contributed by atoms with E-state index in [-0.39, 0.29) is 17.6 Å². The Hall–Kier alpha value is -0.570. The third-order valence-corrected chi connectivity index (χ3v) is 1.46. The summed E-state index contributed by atoms with van der Waals surface area (Å²) in [5, 5.41) is 0. The van der Waals surface area contributed by atoms with E-state index in [1.165, 1.54) is 0 Å². The molecule has 78 valence electrons. The van der Waals surface area contributed by atoms with E-state index in [1.807, 2.05) is 27.7 Å². The maximum absolute atomic E-state index is 11.2. The average Bonchev–Trinajstić information content (AvgIpc) is 1.81. The van der Waals surface area contributed by atoms with Crippen molar-refractivity contribution in [3.8, 4) is 0 Å². The first-order valence-electron chi connectivity index (χ1n) is 4.78. The van der Waals surface area contributed by atoms with E-state index in [1.54, 1.807) is 0 Å². The summed E-state index contributed by atoms with van der Waals surface area (Å²) in [5.41, 5.74) is 5.18. The van der Waals surface area contributed by atoms with Gasteiger partial charge in [0.1, 0.15) is 5.60 Å². The molecule has 0 rings (SSSR count). The Morgan fingerprint density at radius 3 is 2.38 bits per heavy atom. The first kappa shape index (κ1) is 12.4. The molecule has 0 unspecified atom stereocenters. The molecule has 0 radical (unpaired) electrons. The van der Waals surface area contributed by atoms with Gasteiger partial charge < -0.3 is 10.5 Å². The van der Waals surface area contributed by atoms with Crippen molar-refractivity contribution in [2.24, 2.45) is 5.73 Å². The lowest BCUT2D eigenvalue weighted by Crippen LogP contribution is -2.24. The van der Waals surface area contributed by atoms with Crippen LogP contribution in [0.1, 0.15) is 47.0 Å². The van der Waals surface area contributed by atoms with Gasteiger partial charge in [-0.25, -0.2) is 0 Å². The van der Waals surface area contributed by atoms with Crippen LogP contribution in [0.15, 0.2) is 0 Å². The Labute approximate surface area is 80.6 Å². The van der Waals surface area contributed by atoms with E-state index in [4.69, 9.17) is 10.5 Å². The minimum Gasteiger partial charge on any atom is -0.460 e. The summed E-state index contributed by atoms with van der Waals surface area (Å²) in [4.78, 5) is 11.2. The van der Waals surface area contributed by atoms with Crippen molar-refractivity contribution in [2.45, 2.75) is 58.6 Å². The van der Waals surface area contributed by atoms with Crippen LogP contribution in [0.2, 0.25) is 0 Å². The van der Waals surface area contributed by atoms with Crippen LogP contribution >= 0.6 is 0 Å². The van der Waals surface area contributed by atoms with Crippen molar-refractivity contribution in [1.82, 2.24) is 0 Å². The van der Waals surface area contributed by atoms with Crippen LogP contribution in [0.4, 0.5) is 0 Å². The fourth-order valence-electron chi connectivity index (χ4n) is 0.961. The van der Waals surface area contributed by atoms with Crippen LogP contribution in [0.3, 0.4) is 0 Å². The molecule has 0 amide bonds. The van der Waals surface area contributed by atoms with Gasteiger partial charge in [-0.05, 0) is 40.5 Å². The maximum atomic E-state index is 11.2. The predicted octanol–water partition coefficient (Wildman–Crippen LogP) is 1.85. The van der Waals surface area contributed by atoms with Gasteiger partial charge in [-0.3, -0.25) is 4.79 Å². The lowest BCUT2D eigenvalue weighted by Gasteiger charge is -2.19. The molecule has 3 nitrogen and oxygen atoms in total. The SMILES string of the molecule is C[C@H](N)CCCC(=O)OC(C)(C)C. The van der Waals surface area contributed by atoms with Crippen LogP contribution < -0.4 is 5.73 Å². The number of esters is 1. The summed E-state index contributed by atoms with van der Waals surface area (Å²) >= 11 is 0. The van der Waals surface area contributed by atoms with E-state index in [0.29, 0.717) is 6.42 Å². The second-order valence-corrected chi connectivity index (χ2v) is 4.46. The van der Waals surface area contributed by atoms with Gasteiger partial charge in [-0.1, -0.05) is 0 Å². The molecular formula is C10H21NO2. The Morgan fingerprint density at radius 2 is 2.00 bits per heavy atom. The molecule has 0 bridgehead atoms. The molecule has 0 aromatic heterocycles. The molecule has 2 N–H and O–H groups in total. The summed E-state index contributed by atoms with van der Waals surface area (Å²) in [6.45, 7) is 7.55. The molecule has 0 spiro atoms. The summed E-state index contributed by atoms with van der Waals surface area (Å²) in [6, 6.07) is 0.169. The lowest BCUT2D eigenvalue weighted by atomic mass is 10.1. The van der Waals surface area contributed by atoms with E-state index < -0.39 is 0 Å². The van der Waals surface area contributed by atoms with Crippen LogP contribution in [0, 0.1) is 0 Å². The zero-order valence-corrected chi connectivity index (χ0v) is 9.09. The number of hydrogen-bond donors (Lipinski definition) is 1. The molecule has 0 aliphatic rings. The Morgan fingerprint density at radius 1 is 1.46 bits per heavy atom. The number of ether oxygens (including phenoxy) is 1. The molecule has 0 aliphatic heterocycles. The number of carbonyl (C=O) groups excluding carboxylic acids is 1. The van der Waals surface area contributed by atoms with Crippen molar-refractivity contribution < 1.29 is 9.53 Å². The summed E-state index contributed by atoms with van der Waals surface area (Å²) in [6.07, 6.45) is 2.16. The fraction of sp³-hybridized carbons (Fsp3) is 0.900. The van der Waals surface area contributed by atoms with Gasteiger partial charge in [0, 0.05) is 12.5 Å². The Balaban J connectivity index is 3.53. The van der Waals surface area contributed by atoms with Crippen LogP contribution in [-0.2, 0) is 9.53 Å². The monoisotopic (exact) mass is 187 g/mol. The van der Waals surface area contributed by atoms with Gasteiger partial charge in [-0.15, -0.1) is 0 Å². The van der Waals surface area contributed by atoms with Crippen molar-refractivity contribution >= 4 is 5.97 Å². The largest absolute Gasteiger partial charge is 0.460 e. The first-order chi connectivity index (χ1) is 5.81. The molecule has 0 heterocycles. The number of nitrogens with two attached hydrogens (primary N) is 1. The second-order valence-electron chi connectivity index (χ2n) is 4.46. The molecule has 3 heteroatoms. The molecule has 0 saturated carbocycles. The summed E-state index contributed by atoms with van der Waals surface area (Å²) in [7, 11) is 0. The predicted molar refractivity (Wildman–Crippen MR) is 53.3 cm³/mol. The third-order valence-electron chi connectivity index (χ3n) is 1.46. The van der Waals surface area contributed by atoms with Crippen molar-refractivity contribution in [1.29, 1.82) is 0 Å². The number of hydrogen-bond acceptors (Lipinski definition) is 3. The normalized spacial score (nSPS) is 13.9. The summed E-state index contributed by atoms with van der Waals surface area (Å²) < 4.78 is 5.14. The highest BCUT2D eigenvalue weighted by Crippen LogP contribution is 2.10. The highest BCUT2D eigenvalue weighted by molar-refractivity contribution is 5.69. The number of rotatable bonds is 4. The molecule has 0 aromatic rings. The molecule has 13 heavy (non-hydrogen) atoms. The summed E-state index contributed by atoms with van der Waals surface area (Å²) in [5.74, 6) is -0.131. The van der Waals surface area contributed by atoms with Gasteiger partial charge in [-0.2, -0.15) is 0 Å². The minimum absolute atomic E-state index is 0.131. The van der Waals surface area contributed by atoms with Gasteiger partial charge in [0.15, 0.2) is 0 Å². The maximum Gasteiger partial charge on any atom is 0.306 e. The standard InChI is InChI=1S/C10H21NO2/c1-8(11)6-5-7-9(12)13-10(2,3)4/h8H,5-7,11H2,1-4H3/t8-/m0/s1. The topological polar surface area (TPSA) is 52.3 Å². The average molecular weight is 187 g/mol. The fourth-order valence-corrected chi connectivity index (χ4v) is 0.961. The first-order valence-corrected chi connectivity index (χ1v) is 4.78. The van der Waals surface area contributed by atoms with Gasteiger partial charge in [0.05, 0.1) is 0 Å². The van der Waals surface area contributed by atoms with Crippen molar-refractivity contribution in [2.75, 3.05) is 0 Å². The Kier molecular flexibility index (Phi) is 4.99. The van der Waals surface area contributed by atoms with Gasteiger partial charge >= 0.3 is 5.97 Å². The minimum atomic E-state index is -0.370. The van der Waals surface area contributed by atoms with Crippen LogP contribution in [0.25, 0.3) is 0 Å². The molecule has 0 fully saturated rings. The van der Waals surface area contributed by atoms with E-state index in [2.05, 4.69) is 0 Å². The zero-order chi connectivity index (χ0) is 10.5. The molecule has 0 aliphatic carbocycles. The van der Waals surface area contributed by atoms with E-state index in [0.717, 1.165) is 12.8 Å². The molecule has 1 atom stereocenters. The second kappa shape index (κ2) is 5.22. The van der Waals surface area contributed by atoms with Gasteiger partial charge in [0.2, 0.25) is 0 Å². The van der Waals surface area contributed by atoms with Crippen LogP contribution in [0.5, 0.6) is 0 Å². The third kappa shape index (κ3) is 9.34. The van der Waals surface area contributed by atoms with Gasteiger partial charge in [0.25, 0.3) is 0 Å². The highest BCUT2D eigenvalue weighted by Gasteiger charge is 2.15. The van der Waals surface area contributed by atoms with Crippen molar-refractivity contribution in [3.63, 3.8) is 0 Å². The molecule has 0 aromatic carbocycles. The van der Waals surface area contributed by atoms with E-state index in [9.17, 15) is 4.79 Å². The highest BCUT2D eigenvalue weighted by atomic mass is 16.6. The number of carbonyl (C=O) groups is 1. The zero-order valence-electron chi connectivity index (χ0n) is 9.09. The lowest BCUT2D eigenvalue weighted by molar-refractivity contribution is -0.154. The van der Waals surface area contributed by atoms with E-state index >= 15 is 0 Å². The van der Waals surface area contributed by atoms with Crippen molar-refractivity contribution in [3.05, 3.63) is 0 Å².